The van der Waals surface area contributed by atoms with Crippen LogP contribution < -0.4 is 10.6 Å². The fourth-order valence-electron chi connectivity index (χ4n) is 5.77. The molecule has 1 spiro atoms. The molecule has 2 aromatic carbocycles. The van der Waals surface area contributed by atoms with Crippen LogP contribution in [-0.4, -0.2) is 95.7 Å². The number of ether oxygens (including phenoxy) is 4. The maximum atomic E-state index is 13.4. The maximum Gasteiger partial charge on any atom is 0.338 e. The second-order valence-electron chi connectivity index (χ2n) is 11.3. The smallest absolute Gasteiger partial charge is 0.338 e. The van der Waals surface area contributed by atoms with Gasteiger partial charge in [0, 0.05) is 31.4 Å². The first-order valence-corrected chi connectivity index (χ1v) is 14.9. The lowest BCUT2D eigenvalue weighted by Gasteiger charge is -2.31. The third-order valence-electron chi connectivity index (χ3n) is 7.94. The molecule has 240 valence electrons. The number of benzene rings is 2. The van der Waals surface area contributed by atoms with Gasteiger partial charge in [-0.05, 0) is 47.9 Å². The van der Waals surface area contributed by atoms with Gasteiger partial charge in [0.1, 0.15) is 31.0 Å². The second-order valence-corrected chi connectivity index (χ2v) is 11.3. The number of esters is 1. The molecule has 0 saturated carbocycles. The zero-order chi connectivity index (χ0) is 32.0. The van der Waals surface area contributed by atoms with Crippen molar-refractivity contribution in [3.63, 3.8) is 0 Å². The summed E-state index contributed by atoms with van der Waals surface area (Å²) in [6, 6.07) is 13.3. The van der Waals surface area contributed by atoms with Crippen LogP contribution in [0.1, 0.15) is 40.4 Å². The molecule has 0 bridgehead atoms. The number of hydrogen-bond donors (Lipinski definition) is 5. The van der Waals surface area contributed by atoms with E-state index in [1.165, 1.54) is 13.2 Å². The first kappa shape index (κ1) is 32.3. The van der Waals surface area contributed by atoms with Gasteiger partial charge < -0.3 is 44.9 Å². The number of aliphatic hydroxyl groups excluding tert-OH is 3. The van der Waals surface area contributed by atoms with Crippen LogP contribution in [0.15, 0.2) is 66.4 Å². The molecule has 1 heterocycles. The average Bonchev–Trinajstić information content (AvgIpc) is 3.58. The van der Waals surface area contributed by atoms with E-state index in [2.05, 4.69) is 10.6 Å². The number of carbonyl (C=O) groups excluding carboxylic acids is 3. The van der Waals surface area contributed by atoms with Crippen molar-refractivity contribution in [3.8, 4) is 0 Å². The fraction of sp³-hybridized carbons (Fsp3) is 0.424. The highest BCUT2D eigenvalue weighted by atomic mass is 16.8. The average molecular weight is 623 g/mol. The lowest BCUT2D eigenvalue weighted by atomic mass is 9.91. The Bertz CT molecular complexity index is 1410. The molecule has 5 rings (SSSR count). The molecule has 3 aliphatic rings. The Kier molecular flexibility index (Phi) is 10.3. The summed E-state index contributed by atoms with van der Waals surface area (Å²) >= 11 is 0. The minimum atomic E-state index is -1.28. The van der Waals surface area contributed by atoms with E-state index in [9.17, 15) is 19.5 Å². The number of hydrogen-bond acceptors (Lipinski definition) is 10. The Balaban J connectivity index is 1.34. The molecule has 5 N–H and O–H groups in total. The molecule has 12 nitrogen and oxygen atoms in total. The van der Waals surface area contributed by atoms with Crippen LogP contribution in [-0.2, 0) is 41.4 Å². The minimum Gasteiger partial charge on any atom is -0.499 e. The van der Waals surface area contributed by atoms with Gasteiger partial charge in [-0.3, -0.25) is 9.59 Å². The molecule has 45 heavy (non-hydrogen) atoms. The van der Waals surface area contributed by atoms with Gasteiger partial charge in [-0.15, -0.1) is 0 Å². The molecule has 1 saturated heterocycles. The summed E-state index contributed by atoms with van der Waals surface area (Å²) in [5, 5.41) is 33.1. The van der Waals surface area contributed by atoms with Crippen molar-refractivity contribution in [2.24, 2.45) is 0 Å². The lowest BCUT2D eigenvalue weighted by molar-refractivity contribution is -0.172. The van der Waals surface area contributed by atoms with Crippen molar-refractivity contribution >= 4 is 23.9 Å². The van der Waals surface area contributed by atoms with Gasteiger partial charge in [-0.25, -0.2) is 4.79 Å². The second kappa shape index (κ2) is 14.4. The molecular weight excluding hydrogens is 584 g/mol. The van der Waals surface area contributed by atoms with Crippen molar-refractivity contribution in [2.45, 2.75) is 62.4 Å². The van der Waals surface area contributed by atoms with Crippen LogP contribution in [0.3, 0.4) is 0 Å². The van der Waals surface area contributed by atoms with E-state index in [4.69, 9.17) is 29.2 Å². The summed E-state index contributed by atoms with van der Waals surface area (Å²) in [5.41, 5.74) is 3.47. The first-order chi connectivity index (χ1) is 21.7. The zero-order valence-corrected chi connectivity index (χ0v) is 24.9. The minimum absolute atomic E-state index is 0.0149. The molecule has 5 unspecified atom stereocenters. The Morgan fingerprint density at radius 3 is 2.40 bits per heavy atom. The summed E-state index contributed by atoms with van der Waals surface area (Å²) in [6.07, 6.45) is 2.25. The quantitative estimate of drug-likeness (QED) is 0.129. The number of rotatable bonds is 12. The van der Waals surface area contributed by atoms with Crippen LogP contribution in [0, 0.1) is 0 Å². The van der Waals surface area contributed by atoms with Gasteiger partial charge in [0.15, 0.2) is 5.79 Å². The van der Waals surface area contributed by atoms with Crippen molar-refractivity contribution in [2.75, 3.05) is 26.4 Å². The summed E-state index contributed by atoms with van der Waals surface area (Å²) in [7, 11) is 0. The summed E-state index contributed by atoms with van der Waals surface area (Å²) in [6.45, 7) is 1.12. The van der Waals surface area contributed by atoms with E-state index in [0.717, 1.165) is 16.7 Å². The van der Waals surface area contributed by atoms with Crippen LogP contribution in [0.2, 0.25) is 0 Å². The van der Waals surface area contributed by atoms with Crippen LogP contribution in [0.25, 0.3) is 6.08 Å². The Morgan fingerprint density at radius 1 is 1.04 bits per heavy atom. The Hall–Kier alpha value is -4.07. The van der Waals surface area contributed by atoms with Gasteiger partial charge in [-0.2, -0.15) is 0 Å². The molecule has 2 aliphatic carbocycles. The number of nitrogens with one attached hydrogen (secondary N) is 2. The number of aliphatic hydroxyl groups is 3. The highest BCUT2D eigenvalue weighted by molar-refractivity contribution is 5.97. The number of amides is 2. The molecule has 12 heteroatoms. The monoisotopic (exact) mass is 622 g/mol. The highest BCUT2D eigenvalue weighted by Crippen LogP contribution is 2.45. The highest BCUT2D eigenvalue weighted by Gasteiger charge is 2.55. The topological polar surface area (TPSA) is 173 Å². The van der Waals surface area contributed by atoms with Gasteiger partial charge in [-0.1, -0.05) is 36.4 Å². The third-order valence-corrected chi connectivity index (χ3v) is 7.94. The molecule has 0 aromatic heterocycles. The molecule has 0 radical (unpaired) electrons. The maximum absolute atomic E-state index is 13.4. The largest absolute Gasteiger partial charge is 0.499 e. The van der Waals surface area contributed by atoms with Crippen LogP contribution in [0.4, 0.5) is 0 Å². The van der Waals surface area contributed by atoms with Crippen LogP contribution >= 0.6 is 0 Å². The molecular formula is C33H38N2O10. The van der Waals surface area contributed by atoms with E-state index in [1.807, 2.05) is 24.3 Å². The Labute approximate surface area is 260 Å². The van der Waals surface area contributed by atoms with Crippen molar-refractivity contribution in [1.82, 2.24) is 10.6 Å². The summed E-state index contributed by atoms with van der Waals surface area (Å²) in [5.74, 6) is -2.87. The van der Waals surface area contributed by atoms with Crippen LogP contribution in [0.5, 0.6) is 0 Å². The van der Waals surface area contributed by atoms with Gasteiger partial charge in [0.25, 0.3) is 0 Å². The molecule has 5 atom stereocenters. The van der Waals surface area contributed by atoms with E-state index < -0.39 is 54.0 Å². The summed E-state index contributed by atoms with van der Waals surface area (Å²) < 4.78 is 24.1. The number of fused-ring (bicyclic) bond motifs is 2. The van der Waals surface area contributed by atoms with E-state index in [-0.39, 0.29) is 43.9 Å². The van der Waals surface area contributed by atoms with E-state index in [1.54, 1.807) is 36.4 Å². The molecule has 1 fully saturated rings. The third kappa shape index (κ3) is 7.60. The van der Waals surface area contributed by atoms with Gasteiger partial charge >= 0.3 is 5.97 Å². The van der Waals surface area contributed by atoms with Gasteiger partial charge in [0.05, 0.1) is 31.1 Å². The predicted octanol–water partition coefficient (Wildman–Crippen LogP) is 0.775. The van der Waals surface area contributed by atoms with Crippen molar-refractivity contribution < 1.29 is 48.7 Å². The van der Waals surface area contributed by atoms with Gasteiger partial charge in [0.2, 0.25) is 11.8 Å². The lowest BCUT2D eigenvalue weighted by Crippen LogP contribution is -2.54. The van der Waals surface area contributed by atoms with Crippen molar-refractivity contribution in [1.29, 1.82) is 0 Å². The predicted molar refractivity (Wildman–Crippen MR) is 160 cm³/mol. The zero-order valence-electron chi connectivity index (χ0n) is 24.9. The molecule has 2 aromatic rings. The SMILES string of the molecule is CC(O)C(NC(=O)C1=CC2OC3(Cc4ccccc4C3)OC2C(OC(=O)c2ccc(C=COCCO)cc2)C1)C(=O)NCCO. The molecule has 1 aliphatic heterocycles. The van der Waals surface area contributed by atoms with E-state index >= 15 is 0 Å². The molecule has 2 amide bonds. The summed E-state index contributed by atoms with van der Waals surface area (Å²) in [4.78, 5) is 39.3. The van der Waals surface area contributed by atoms with Crippen molar-refractivity contribution in [3.05, 3.63) is 88.7 Å². The standard InChI is InChI=1S/C33H38N2O10/c1-20(38)28(31(40)34-11-12-36)35-30(39)25-16-26(43-32(41)22-8-6-21(7-9-22)10-14-42-15-13-37)29-27(17-25)44-33(45-29)18-23-4-2-3-5-24(23)19-33/h2-10,14,17,20,26-29,36-38H,11-13,15-16,18-19H2,1H3,(H,34,40)(H,35,39). The Morgan fingerprint density at radius 2 is 1.76 bits per heavy atom. The number of carbonyl (C=O) groups is 3. The normalized spacial score (nSPS) is 22.7. The first-order valence-electron chi connectivity index (χ1n) is 14.9. The van der Waals surface area contributed by atoms with E-state index in [0.29, 0.717) is 12.8 Å². The fourth-order valence-corrected chi connectivity index (χ4v) is 5.77.